The highest BCUT2D eigenvalue weighted by Gasteiger charge is 2.19. The number of aromatic nitrogens is 2. The van der Waals surface area contributed by atoms with Crippen molar-refractivity contribution < 1.29 is 4.74 Å². The molecule has 4 nitrogen and oxygen atoms in total. The van der Waals surface area contributed by atoms with Gasteiger partial charge in [-0.1, -0.05) is 27.7 Å². The average molecular weight is 355 g/mol. The van der Waals surface area contributed by atoms with Crippen LogP contribution in [0.2, 0.25) is 0 Å². The van der Waals surface area contributed by atoms with Crippen LogP contribution in [-0.2, 0) is 11.3 Å². The lowest BCUT2D eigenvalue weighted by molar-refractivity contribution is 0.0937. The van der Waals surface area contributed by atoms with Gasteiger partial charge in [0.05, 0.1) is 23.6 Å². The first-order chi connectivity index (χ1) is 9.69. The minimum Gasteiger partial charge on any atom is -0.376 e. The Morgan fingerprint density at radius 1 is 1.55 bits per heavy atom. The van der Waals surface area contributed by atoms with Crippen LogP contribution in [-0.4, -0.2) is 28.5 Å². The molecule has 0 spiro atoms. The summed E-state index contributed by atoms with van der Waals surface area (Å²) in [4.78, 5) is 17.3. The van der Waals surface area contributed by atoms with Gasteiger partial charge in [0.2, 0.25) is 0 Å². The van der Waals surface area contributed by atoms with Gasteiger partial charge in [-0.2, -0.15) is 0 Å². The lowest BCUT2D eigenvalue weighted by atomic mass is 10.2. The maximum absolute atomic E-state index is 12.7. The maximum atomic E-state index is 12.7. The van der Waals surface area contributed by atoms with Gasteiger partial charge in [0.15, 0.2) is 5.16 Å². The number of hydrogen-bond donors (Lipinski definition) is 0. The second kappa shape index (κ2) is 5.87. The Morgan fingerprint density at radius 2 is 2.40 bits per heavy atom. The van der Waals surface area contributed by atoms with Gasteiger partial charge in [-0.3, -0.25) is 9.36 Å². The van der Waals surface area contributed by atoms with Crippen LogP contribution in [0.1, 0.15) is 12.8 Å². The molecule has 0 N–H and O–H groups in total. The summed E-state index contributed by atoms with van der Waals surface area (Å²) in [6.07, 6.45) is 4.15. The summed E-state index contributed by atoms with van der Waals surface area (Å²) in [7, 11) is 0. The van der Waals surface area contributed by atoms with E-state index in [0.29, 0.717) is 11.9 Å². The van der Waals surface area contributed by atoms with E-state index in [2.05, 4.69) is 20.9 Å². The van der Waals surface area contributed by atoms with Crippen LogP contribution >= 0.6 is 27.7 Å². The molecule has 2 heterocycles. The van der Waals surface area contributed by atoms with Crippen molar-refractivity contribution in [1.82, 2.24) is 9.55 Å². The molecule has 1 atom stereocenters. The largest absolute Gasteiger partial charge is 0.376 e. The van der Waals surface area contributed by atoms with E-state index in [1.54, 1.807) is 4.57 Å². The number of fused-ring (bicyclic) bond motifs is 1. The first-order valence-corrected chi connectivity index (χ1v) is 8.56. The van der Waals surface area contributed by atoms with Crippen molar-refractivity contribution in [1.29, 1.82) is 0 Å². The molecule has 1 fully saturated rings. The van der Waals surface area contributed by atoms with Crippen LogP contribution in [0.25, 0.3) is 10.9 Å². The van der Waals surface area contributed by atoms with Crippen LogP contribution in [0.5, 0.6) is 0 Å². The molecule has 3 rings (SSSR count). The van der Waals surface area contributed by atoms with Crippen LogP contribution < -0.4 is 5.56 Å². The topological polar surface area (TPSA) is 44.1 Å². The Morgan fingerprint density at radius 3 is 3.10 bits per heavy atom. The van der Waals surface area contributed by atoms with E-state index in [9.17, 15) is 4.79 Å². The fourth-order valence-corrected chi connectivity index (χ4v) is 3.41. The normalized spacial score (nSPS) is 18.8. The zero-order valence-corrected chi connectivity index (χ0v) is 13.5. The number of nitrogens with zero attached hydrogens (tertiary/aromatic N) is 2. The minimum atomic E-state index is 0.0103. The molecule has 1 aromatic carbocycles. The number of hydrogen-bond acceptors (Lipinski definition) is 4. The molecule has 0 bridgehead atoms. The first kappa shape index (κ1) is 14.1. The quantitative estimate of drug-likeness (QED) is 0.627. The van der Waals surface area contributed by atoms with Crippen molar-refractivity contribution in [2.75, 3.05) is 12.9 Å². The highest BCUT2D eigenvalue weighted by atomic mass is 79.9. The Bertz CT molecular complexity index is 695. The summed E-state index contributed by atoms with van der Waals surface area (Å²) < 4.78 is 8.28. The lowest BCUT2D eigenvalue weighted by Gasteiger charge is -2.15. The molecule has 0 amide bonds. The van der Waals surface area contributed by atoms with Gasteiger partial charge in [0.1, 0.15) is 0 Å². The molecule has 0 radical (unpaired) electrons. The van der Waals surface area contributed by atoms with Crippen molar-refractivity contribution in [2.45, 2.75) is 30.6 Å². The third-order valence-corrected chi connectivity index (χ3v) is 4.64. The second-order valence-corrected chi connectivity index (χ2v) is 6.50. The second-order valence-electron chi connectivity index (χ2n) is 4.81. The van der Waals surface area contributed by atoms with E-state index in [1.165, 1.54) is 11.8 Å². The highest BCUT2D eigenvalue weighted by molar-refractivity contribution is 9.10. The molecule has 1 unspecified atom stereocenters. The van der Waals surface area contributed by atoms with Gasteiger partial charge < -0.3 is 4.74 Å². The zero-order valence-electron chi connectivity index (χ0n) is 11.1. The summed E-state index contributed by atoms with van der Waals surface area (Å²) >= 11 is 4.91. The number of benzene rings is 1. The monoisotopic (exact) mass is 354 g/mol. The van der Waals surface area contributed by atoms with Gasteiger partial charge in [0, 0.05) is 11.1 Å². The summed E-state index contributed by atoms with van der Waals surface area (Å²) in [5.74, 6) is 0. The van der Waals surface area contributed by atoms with E-state index >= 15 is 0 Å². The van der Waals surface area contributed by atoms with Crippen molar-refractivity contribution in [3.8, 4) is 0 Å². The number of thioether (sulfide) groups is 1. The van der Waals surface area contributed by atoms with E-state index < -0.39 is 0 Å². The van der Waals surface area contributed by atoms with E-state index in [-0.39, 0.29) is 11.7 Å². The lowest BCUT2D eigenvalue weighted by Crippen LogP contribution is -2.28. The predicted octanol–water partition coefficient (Wildman–Crippen LogP) is 3.06. The van der Waals surface area contributed by atoms with Crippen LogP contribution in [0.4, 0.5) is 0 Å². The Labute approximate surface area is 129 Å². The molecular weight excluding hydrogens is 340 g/mol. The van der Waals surface area contributed by atoms with Crippen molar-refractivity contribution in [3.05, 3.63) is 33.0 Å². The summed E-state index contributed by atoms with van der Waals surface area (Å²) in [6, 6.07) is 5.61. The van der Waals surface area contributed by atoms with Crippen molar-refractivity contribution in [3.63, 3.8) is 0 Å². The molecule has 1 saturated heterocycles. The van der Waals surface area contributed by atoms with E-state index in [4.69, 9.17) is 4.74 Å². The molecule has 106 valence electrons. The molecule has 0 aliphatic carbocycles. The summed E-state index contributed by atoms with van der Waals surface area (Å²) in [5, 5.41) is 1.40. The SMILES string of the molecule is CSc1nc2ccc(Br)cc2c(=O)n1CC1CCCO1. The molecule has 1 aliphatic rings. The van der Waals surface area contributed by atoms with Crippen molar-refractivity contribution >= 4 is 38.6 Å². The van der Waals surface area contributed by atoms with Gasteiger partial charge >= 0.3 is 0 Å². The van der Waals surface area contributed by atoms with Crippen LogP contribution in [0, 0.1) is 0 Å². The standard InChI is InChI=1S/C14H15BrN2O2S/c1-20-14-16-12-5-4-9(15)7-11(12)13(18)17(14)8-10-3-2-6-19-10/h4-5,7,10H,2-3,6,8H2,1H3. The number of halogens is 1. The third-order valence-electron chi connectivity index (χ3n) is 3.47. The summed E-state index contributed by atoms with van der Waals surface area (Å²) in [6.45, 7) is 1.38. The molecule has 2 aromatic rings. The fraction of sp³-hybridized carbons (Fsp3) is 0.429. The zero-order chi connectivity index (χ0) is 14.1. The van der Waals surface area contributed by atoms with Crippen molar-refractivity contribution in [2.24, 2.45) is 0 Å². The predicted molar refractivity (Wildman–Crippen MR) is 84.5 cm³/mol. The van der Waals surface area contributed by atoms with E-state index in [0.717, 1.165) is 34.6 Å². The number of rotatable bonds is 3. The Hall–Kier alpha value is -0.850. The number of ether oxygens (including phenoxy) is 1. The molecule has 0 saturated carbocycles. The van der Waals surface area contributed by atoms with Crippen LogP contribution in [0.15, 0.2) is 32.6 Å². The van der Waals surface area contributed by atoms with E-state index in [1.807, 2.05) is 24.5 Å². The molecule has 1 aliphatic heterocycles. The van der Waals surface area contributed by atoms with Crippen LogP contribution in [0.3, 0.4) is 0 Å². The smallest absolute Gasteiger partial charge is 0.262 e. The maximum Gasteiger partial charge on any atom is 0.262 e. The molecule has 6 heteroatoms. The summed E-state index contributed by atoms with van der Waals surface area (Å²) in [5.41, 5.74) is 0.752. The van der Waals surface area contributed by atoms with Gasteiger partial charge in [-0.15, -0.1) is 0 Å². The Kier molecular flexibility index (Phi) is 4.14. The highest BCUT2D eigenvalue weighted by Crippen LogP contribution is 2.21. The third kappa shape index (κ3) is 2.64. The molecular formula is C14H15BrN2O2S. The van der Waals surface area contributed by atoms with Gasteiger partial charge in [-0.25, -0.2) is 4.98 Å². The molecule has 1 aromatic heterocycles. The van der Waals surface area contributed by atoms with Gasteiger partial charge in [0.25, 0.3) is 5.56 Å². The average Bonchev–Trinajstić information content (AvgIpc) is 2.95. The first-order valence-electron chi connectivity index (χ1n) is 6.55. The fourth-order valence-electron chi connectivity index (χ4n) is 2.48. The van der Waals surface area contributed by atoms with Gasteiger partial charge in [-0.05, 0) is 37.3 Å². The Balaban J connectivity index is 2.12. The minimum absolute atomic E-state index is 0.0103. The molecule has 20 heavy (non-hydrogen) atoms.